The molecule has 3 fully saturated rings. The van der Waals surface area contributed by atoms with Crippen molar-refractivity contribution in [1.29, 1.82) is 0 Å². The Kier molecular flexibility index (Phi) is 6.38. The summed E-state index contributed by atoms with van der Waals surface area (Å²) in [6, 6.07) is 13.3. The molecule has 7 rings (SSSR count). The van der Waals surface area contributed by atoms with Crippen molar-refractivity contribution >= 4 is 56.9 Å². The lowest BCUT2D eigenvalue weighted by Crippen LogP contribution is -2.67. The average molecular weight is 637 g/mol. The summed E-state index contributed by atoms with van der Waals surface area (Å²) in [6.07, 6.45) is 0. The highest BCUT2D eigenvalue weighted by atomic mass is 79.9. The number of carbonyl (C=O) groups excluding carboxylic acids is 5. The number of imide groups is 2. The minimum atomic E-state index is -1.55. The highest BCUT2D eigenvalue weighted by molar-refractivity contribution is 9.10. The number of amides is 4. The lowest BCUT2D eigenvalue weighted by molar-refractivity contribution is -0.152. The van der Waals surface area contributed by atoms with Crippen molar-refractivity contribution < 1.29 is 38.2 Å². The summed E-state index contributed by atoms with van der Waals surface area (Å²) in [4.78, 5) is 73.4. The van der Waals surface area contributed by atoms with Gasteiger partial charge in [-0.1, -0.05) is 47.1 Å². The van der Waals surface area contributed by atoms with Crippen LogP contribution in [0.3, 0.4) is 0 Å². The van der Waals surface area contributed by atoms with Crippen molar-refractivity contribution in [3.63, 3.8) is 0 Å². The third-order valence-electron chi connectivity index (χ3n) is 9.43. The normalized spacial score (nSPS) is 31.5. The van der Waals surface area contributed by atoms with Crippen LogP contribution in [0.2, 0.25) is 0 Å². The van der Waals surface area contributed by atoms with Gasteiger partial charge in [0, 0.05) is 11.0 Å². The number of nitrogens with zero attached hydrogens (tertiary/aromatic N) is 2. The van der Waals surface area contributed by atoms with E-state index in [-0.39, 0.29) is 23.6 Å². The molecule has 3 aliphatic carbocycles. The first kappa shape index (κ1) is 28.1. The zero-order valence-electron chi connectivity index (χ0n) is 23.7. The van der Waals surface area contributed by atoms with E-state index in [1.807, 2.05) is 0 Å². The molecule has 2 bridgehead atoms. The SMILES string of the molecule is CCOC(=O)C1=C(C)C2(Br)C3C(=O)N(c4ccccc4OC)C(=O)C3C1(C)C1C(=O)N(c3ccccc3OC)C(=O)C12. The van der Waals surface area contributed by atoms with E-state index < -0.39 is 63.0 Å². The maximum Gasteiger partial charge on any atom is 0.334 e. The topological polar surface area (TPSA) is 120 Å². The Labute approximate surface area is 250 Å². The second-order valence-electron chi connectivity index (χ2n) is 11.0. The lowest BCUT2D eigenvalue weighted by atomic mass is 9.43. The molecule has 0 radical (unpaired) electrons. The summed E-state index contributed by atoms with van der Waals surface area (Å²) in [7, 11) is 2.87. The predicted molar refractivity (Wildman–Crippen MR) is 154 cm³/mol. The minimum absolute atomic E-state index is 0.0591. The number of carbonyl (C=O) groups is 5. The van der Waals surface area contributed by atoms with Gasteiger partial charge in [-0.15, -0.1) is 0 Å². The molecule has 218 valence electrons. The first-order valence-corrected chi connectivity index (χ1v) is 14.4. The van der Waals surface area contributed by atoms with Crippen LogP contribution >= 0.6 is 15.9 Å². The summed E-state index contributed by atoms with van der Waals surface area (Å²) in [5, 5.41) is 0. The zero-order chi connectivity index (χ0) is 30.3. The molecule has 2 aliphatic heterocycles. The van der Waals surface area contributed by atoms with E-state index in [4.69, 9.17) is 14.2 Å². The van der Waals surface area contributed by atoms with Crippen LogP contribution in [0.4, 0.5) is 11.4 Å². The quantitative estimate of drug-likeness (QED) is 0.268. The lowest BCUT2D eigenvalue weighted by Gasteiger charge is -2.59. The van der Waals surface area contributed by atoms with Crippen LogP contribution in [0.15, 0.2) is 59.7 Å². The molecule has 4 unspecified atom stereocenters. The summed E-state index contributed by atoms with van der Waals surface area (Å²) in [5.74, 6) is -6.79. The Balaban J connectivity index is 1.60. The van der Waals surface area contributed by atoms with Crippen LogP contribution < -0.4 is 19.3 Å². The fraction of sp³-hybridized carbons (Fsp3) is 0.387. The maximum atomic E-state index is 14.4. The Morgan fingerprint density at radius 1 is 0.786 bits per heavy atom. The maximum absolute atomic E-state index is 14.4. The standard InChI is InChI=1S/C31H29BrN2O8/c1-6-42-29(39)20-15(2)31(32)23-21(25(35)33(27(23)37)16-11-7-9-13-18(16)40-4)30(20,3)22-24(31)28(38)34(26(22)36)17-12-8-10-14-19(17)41-5/h7-14,21-24H,6H2,1-5H3. The summed E-state index contributed by atoms with van der Waals surface area (Å²) < 4.78 is 14.9. The Morgan fingerprint density at radius 2 is 1.19 bits per heavy atom. The van der Waals surface area contributed by atoms with Crippen molar-refractivity contribution in [2.75, 3.05) is 30.6 Å². The highest BCUT2D eigenvalue weighted by Gasteiger charge is 2.81. The van der Waals surface area contributed by atoms with E-state index in [1.54, 1.807) is 69.3 Å². The summed E-state index contributed by atoms with van der Waals surface area (Å²) in [6.45, 7) is 5.02. The van der Waals surface area contributed by atoms with Crippen LogP contribution in [0.5, 0.6) is 11.5 Å². The number of anilines is 2. The molecule has 4 amide bonds. The van der Waals surface area contributed by atoms with Crippen LogP contribution in [-0.2, 0) is 28.7 Å². The number of hydrogen-bond donors (Lipinski definition) is 0. The van der Waals surface area contributed by atoms with E-state index in [0.717, 1.165) is 9.80 Å². The molecule has 0 aromatic heterocycles. The Hall–Kier alpha value is -3.99. The molecular weight excluding hydrogens is 608 g/mol. The largest absolute Gasteiger partial charge is 0.495 e. The van der Waals surface area contributed by atoms with Gasteiger partial charge in [-0.25, -0.2) is 14.6 Å². The number of rotatable bonds is 6. The first-order valence-electron chi connectivity index (χ1n) is 13.6. The number of allylic oxidation sites excluding steroid dienone is 1. The van der Waals surface area contributed by atoms with E-state index in [1.165, 1.54) is 14.2 Å². The third kappa shape index (κ3) is 3.22. The molecule has 0 spiro atoms. The molecule has 1 saturated carbocycles. The van der Waals surface area contributed by atoms with Gasteiger partial charge in [-0.05, 0) is 43.7 Å². The van der Waals surface area contributed by atoms with Gasteiger partial charge in [0.2, 0.25) is 23.6 Å². The van der Waals surface area contributed by atoms with Crippen molar-refractivity contribution in [3.8, 4) is 11.5 Å². The molecule has 2 saturated heterocycles. The minimum Gasteiger partial charge on any atom is -0.495 e. The molecule has 10 nitrogen and oxygen atoms in total. The van der Waals surface area contributed by atoms with Gasteiger partial charge in [-0.3, -0.25) is 19.2 Å². The van der Waals surface area contributed by atoms with Crippen LogP contribution in [-0.4, -0.2) is 54.7 Å². The second kappa shape index (κ2) is 9.52. The zero-order valence-corrected chi connectivity index (χ0v) is 25.3. The number of ether oxygens (including phenoxy) is 3. The average Bonchev–Trinajstić information content (AvgIpc) is 3.41. The van der Waals surface area contributed by atoms with Crippen LogP contribution in [0.25, 0.3) is 0 Å². The molecule has 4 atom stereocenters. The monoisotopic (exact) mass is 636 g/mol. The number of esters is 1. The molecule has 0 N–H and O–H groups in total. The molecular formula is C31H29BrN2O8. The molecule has 2 heterocycles. The van der Waals surface area contributed by atoms with Crippen molar-refractivity contribution in [3.05, 3.63) is 59.7 Å². The number of alkyl halides is 1. The van der Waals surface area contributed by atoms with Gasteiger partial charge in [0.25, 0.3) is 0 Å². The first-order chi connectivity index (χ1) is 20.0. The number of hydrogen-bond acceptors (Lipinski definition) is 8. The van der Waals surface area contributed by atoms with Crippen molar-refractivity contribution in [1.82, 2.24) is 0 Å². The smallest absolute Gasteiger partial charge is 0.334 e. The van der Waals surface area contributed by atoms with Gasteiger partial charge in [0.15, 0.2) is 0 Å². The van der Waals surface area contributed by atoms with Gasteiger partial charge in [-0.2, -0.15) is 0 Å². The van der Waals surface area contributed by atoms with E-state index in [0.29, 0.717) is 17.1 Å². The van der Waals surface area contributed by atoms with Gasteiger partial charge >= 0.3 is 5.97 Å². The highest BCUT2D eigenvalue weighted by Crippen LogP contribution is 2.73. The van der Waals surface area contributed by atoms with Gasteiger partial charge in [0.1, 0.15) is 11.5 Å². The molecule has 42 heavy (non-hydrogen) atoms. The van der Waals surface area contributed by atoms with E-state index in [2.05, 4.69) is 15.9 Å². The fourth-order valence-corrected chi connectivity index (χ4v) is 8.95. The van der Waals surface area contributed by atoms with Crippen LogP contribution in [0.1, 0.15) is 20.8 Å². The molecule has 5 aliphatic rings. The number of methoxy groups -OCH3 is 2. The summed E-state index contributed by atoms with van der Waals surface area (Å²) >= 11 is 3.78. The van der Waals surface area contributed by atoms with E-state index in [9.17, 15) is 24.0 Å². The number of halogens is 1. The third-order valence-corrected chi connectivity index (χ3v) is 11.0. The van der Waals surface area contributed by atoms with Gasteiger partial charge in [0.05, 0.1) is 60.2 Å². The fourth-order valence-electron chi connectivity index (χ4n) is 7.83. The predicted octanol–water partition coefficient (Wildman–Crippen LogP) is 3.66. The molecule has 11 heteroatoms. The number of para-hydroxylation sites is 4. The van der Waals surface area contributed by atoms with Crippen molar-refractivity contribution in [2.45, 2.75) is 25.1 Å². The second-order valence-corrected chi connectivity index (χ2v) is 12.4. The number of benzene rings is 2. The summed E-state index contributed by atoms with van der Waals surface area (Å²) in [5.41, 5.74) is -0.518. The molecule has 2 aromatic carbocycles. The van der Waals surface area contributed by atoms with E-state index >= 15 is 0 Å². The Bertz CT molecular complexity index is 1520. The Morgan fingerprint density at radius 3 is 1.60 bits per heavy atom. The van der Waals surface area contributed by atoms with Gasteiger partial charge < -0.3 is 14.2 Å². The van der Waals surface area contributed by atoms with Crippen LogP contribution in [0, 0.1) is 29.1 Å². The van der Waals surface area contributed by atoms with Crippen molar-refractivity contribution in [2.24, 2.45) is 29.1 Å². The molecule has 2 aromatic rings.